The summed E-state index contributed by atoms with van der Waals surface area (Å²) in [5.41, 5.74) is 0.823. The molecule has 1 fully saturated rings. The van der Waals surface area contributed by atoms with Crippen LogP contribution in [0.2, 0.25) is 0 Å². The van der Waals surface area contributed by atoms with Gasteiger partial charge in [0.15, 0.2) is 18.2 Å². The van der Waals surface area contributed by atoms with E-state index < -0.39 is 5.82 Å². The maximum absolute atomic E-state index is 13.9. The molecule has 0 unspecified atom stereocenters. The van der Waals surface area contributed by atoms with Crippen LogP contribution in [0.25, 0.3) is 0 Å². The van der Waals surface area contributed by atoms with E-state index in [-0.39, 0.29) is 29.8 Å². The zero-order valence-corrected chi connectivity index (χ0v) is 12.8. The lowest BCUT2D eigenvalue weighted by atomic mass is 10.1. The van der Waals surface area contributed by atoms with E-state index in [1.165, 1.54) is 6.07 Å². The second kappa shape index (κ2) is 6.43. The number of ether oxygens (including phenoxy) is 1. The monoisotopic (exact) mass is 294 g/mol. The molecule has 0 aliphatic heterocycles. The molecule has 2 rings (SSSR count). The predicted octanol–water partition coefficient (Wildman–Crippen LogP) is 2.37. The fraction of sp³-hybridized carbons (Fsp3) is 0.562. The largest absolute Gasteiger partial charge is 0.481 e. The fourth-order valence-electron chi connectivity index (χ4n) is 1.78. The van der Waals surface area contributed by atoms with Crippen LogP contribution >= 0.6 is 0 Å². The van der Waals surface area contributed by atoms with Crippen LogP contribution in [0.5, 0.6) is 5.75 Å². The quantitative estimate of drug-likeness (QED) is 0.847. The topological polar surface area (TPSA) is 50.4 Å². The van der Waals surface area contributed by atoms with Crippen molar-refractivity contribution in [2.75, 3.05) is 6.61 Å². The van der Waals surface area contributed by atoms with Gasteiger partial charge in [-0.2, -0.15) is 0 Å². The standard InChI is InChI=1S/C16H23FN2O2/c1-16(2,3)18-9-11-4-7-14(13(17)8-11)21-10-15(20)19-12-5-6-12/h4,7-8,12,18H,5-6,9-10H2,1-3H3,(H,19,20). The van der Waals surface area contributed by atoms with Crippen LogP contribution in [0, 0.1) is 5.82 Å². The second-order valence-electron chi connectivity index (χ2n) is 6.50. The number of benzene rings is 1. The first-order chi connectivity index (χ1) is 9.83. The molecule has 4 nitrogen and oxygen atoms in total. The van der Waals surface area contributed by atoms with Crippen molar-refractivity contribution in [1.29, 1.82) is 0 Å². The highest BCUT2D eigenvalue weighted by atomic mass is 19.1. The van der Waals surface area contributed by atoms with Gasteiger partial charge < -0.3 is 15.4 Å². The van der Waals surface area contributed by atoms with E-state index >= 15 is 0 Å². The number of rotatable bonds is 6. The lowest BCUT2D eigenvalue weighted by Crippen LogP contribution is -2.35. The Morgan fingerprint density at radius 1 is 1.38 bits per heavy atom. The Morgan fingerprint density at radius 2 is 2.10 bits per heavy atom. The summed E-state index contributed by atoms with van der Waals surface area (Å²) in [6, 6.07) is 5.10. The average Bonchev–Trinajstić information content (AvgIpc) is 3.18. The van der Waals surface area contributed by atoms with E-state index in [1.807, 2.05) is 0 Å². The van der Waals surface area contributed by atoms with Gasteiger partial charge in [0.2, 0.25) is 0 Å². The van der Waals surface area contributed by atoms with Crippen LogP contribution in [0.15, 0.2) is 18.2 Å². The lowest BCUT2D eigenvalue weighted by Gasteiger charge is -2.20. The number of hydrogen-bond acceptors (Lipinski definition) is 3. The number of carbonyl (C=O) groups excluding carboxylic acids is 1. The van der Waals surface area contributed by atoms with Crippen molar-refractivity contribution in [1.82, 2.24) is 10.6 Å². The van der Waals surface area contributed by atoms with Crippen LogP contribution in [-0.2, 0) is 11.3 Å². The third-order valence-corrected chi connectivity index (χ3v) is 3.12. The van der Waals surface area contributed by atoms with E-state index in [0.29, 0.717) is 6.54 Å². The van der Waals surface area contributed by atoms with Crippen LogP contribution in [0.4, 0.5) is 4.39 Å². The van der Waals surface area contributed by atoms with Gasteiger partial charge in [0, 0.05) is 18.1 Å². The van der Waals surface area contributed by atoms with Gasteiger partial charge in [-0.05, 0) is 51.3 Å². The Hall–Kier alpha value is -1.62. The van der Waals surface area contributed by atoms with E-state index in [4.69, 9.17) is 4.74 Å². The summed E-state index contributed by atoms with van der Waals surface area (Å²) in [7, 11) is 0. The molecule has 0 radical (unpaired) electrons. The van der Waals surface area contributed by atoms with Crippen LogP contribution < -0.4 is 15.4 Å². The first kappa shape index (κ1) is 15.8. The molecule has 5 heteroatoms. The molecule has 0 heterocycles. The molecule has 0 bridgehead atoms. The van der Waals surface area contributed by atoms with Crippen molar-refractivity contribution < 1.29 is 13.9 Å². The molecular formula is C16H23FN2O2. The van der Waals surface area contributed by atoms with Crippen LogP contribution in [0.1, 0.15) is 39.2 Å². The maximum Gasteiger partial charge on any atom is 0.258 e. The highest BCUT2D eigenvalue weighted by Gasteiger charge is 2.23. The van der Waals surface area contributed by atoms with Crippen molar-refractivity contribution in [2.45, 2.75) is 51.7 Å². The normalized spacial score (nSPS) is 14.9. The molecule has 1 aromatic carbocycles. The van der Waals surface area contributed by atoms with Crippen molar-refractivity contribution in [3.05, 3.63) is 29.6 Å². The second-order valence-corrected chi connectivity index (χ2v) is 6.50. The number of carbonyl (C=O) groups is 1. The van der Waals surface area contributed by atoms with Crippen molar-refractivity contribution >= 4 is 5.91 Å². The third kappa shape index (κ3) is 5.71. The minimum Gasteiger partial charge on any atom is -0.481 e. The summed E-state index contributed by atoms with van der Waals surface area (Å²) in [4.78, 5) is 11.5. The van der Waals surface area contributed by atoms with Crippen molar-refractivity contribution in [3.8, 4) is 5.75 Å². The Balaban J connectivity index is 1.84. The Bertz CT molecular complexity index is 507. The molecule has 2 N–H and O–H groups in total. The van der Waals surface area contributed by atoms with Crippen molar-refractivity contribution in [3.63, 3.8) is 0 Å². The average molecular weight is 294 g/mol. The van der Waals surface area contributed by atoms with Gasteiger partial charge >= 0.3 is 0 Å². The van der Waals surface area contributed by atoms with E-state index in [1.54, 1.807) is 12.1 Å². The van der Waals surface area contributed by atoms with Gasteiger partial charge in [0.25, 0.3) is 5.91 Å². The predicted molar refractivity (Wildman–Crippen MR) is 79.7 cm³/mol. The van der Waals surface area contributed by atoms with E-state index in [9.17, 15) is 9.18 Å². The first-order valence-electron chi connectivity index (χ1n) is 7.29. The summed E-state index contributed by atoms with van der Waals surface area (Å²) in [6.07, 6.45) is 2.05. The number of amides is 1. The highest BCUT2D eigenvalue weighted by molar-refractivity contribution is 5.78. The zero-order valence-electron chi connectivity index (χ0n) is 12.8. The van der Waals surface area contributed by atoms with Gasteiger partial charge in [0.1, 0.15) is 0 Å². The SMILES string of the molecule is CC(C)(C)NCc1ccc(OCC(=O)NC2CC2)c(F)c1. The smallest absolute Gasteiger partial charge is 0.258 e. The van der Waals surface area contributed by atoms with Gasteiger partial charge in [-0.1, -0.05) is 6.07 Å². The van der Waals surface area contributed by atoms with Crippen molar-refractivity contribution in [2.24, 2.45) is 0 Å². The number of nitrogens with one attached hydrogen (secondary N) is 2. The molecule has 1 saturated carbocycles. The first-order valence-corrected chi connectivity index (χ1v) is 7.29. The van der Waals surface area contributed by atoms with Crippen LogP contribution in [-0.4, -0.2) is 24.1 Å². The van der Waals surface area contributed by atoms with E-state index in [0.717, 1.165) is 18.4 Å². The molecular weight excluding hydrogens is 271 g/mol. The van der Waals surface area contributed by atoms with Crippen LogP contribution in [0.3, 0.4) is 0 Å². The summed E-state index contributed by atoms with van der Waals surface area (Å²) in [6.45, 7) is 6.60. The van der Waals surface area contributed by atoms with Gasteiger partial charge in [0.05, 0.1) is 0 Å². The molecule has 1 aliphatic rings. The molecule has 21 heavy (non-hydrogen) atoms. The molecule has 0 spiro atoms. The fourth-order valence-corrected chi connectivity index (χ4v) is 1.78. The number of hydrogen-bond donors (Lipinski definition) is 2. The zero-order chi connectivity index (χ0) is 15.5. The molecule has 0 aromatic heterocycles. The molecule has 0 atom stereocenters. The Kier molecular flexibility index (Phi) is 4.83. The summed E-state index contributed by atoms with van der Waals surface area (Å²) < 4.78 is 19.1. The lowest BCUT2D eigenvalue weighted by molar-refractivity contribution is -0.123. The molecule has 116 valence electrons. The van der Waals surface area contributed by atoms with E-state index in [2.05, 4.69) is 31.4 Å². The number of halogens is 1. The maximum atomic E-state index is 13.9. The van der Waals surface area contributed by atoms with Gasteiger partial charge in [-0.3, -0.25) is 4.79 Å². The third-order valence-electron chi connectivity index (χ3n) is 3.12. The molecule has 1 amide bonds. The summed E-state index contributed by atoms with van der Waals surface area (Å²) >= 11 is 0. The Labute approximate surface area is 125 Å². The molecule has 0 saturated heterocycles. The highest BCUT2D eigenvalue weighted by Crippen LogP contribution is 2.20. The Morgan fingerprint density at radius 3 is 2.67 bits per heavy atom. The molecule has 1 aromatic rings. The minimum absolute atomic E-state index is 0.0213. The molecule has 1 aliphatic carbocycles. The summed E-state index contributed by atoms with van der Waals surface area (Å²) in [5, 5.41) is 6.09. The van der Waals surface area contributed by atoms with Gasteiger partial charge in [-0.15, -0.1) is 0 Å². The van der Waals surface area contributed by atoms with Gasteiger partial charge in [-0.25, -0.2) is 4.39 Å². The minimum atomic E-state index is -0.442. The summed E-state index contributed by atoms with van der Waals surface area (Å²) in [5.74, 6) is -0.529.